The average Bonchev–Trinajstić information content (AvgIpc) is 2.97. The third kappa shape index (κ3) is 3.31. The van der Waals surface area contributed by atoms with Crippen molar-refractivity contribution >= 4 is 5.97 Å². The second-order valence-corrected chi connectivity index (χ2v) is 5.50. The molecule has 1 aliphatic heterocycles. The number of piperidine rings is 1. The Morgan fingerprint density at radius 3 is 2.86 bits per heavy atom. The van der Waals surface area contributed by atoms with Gasteiger partial charge in [0.15, 0.2) is 0 Å². The van der Waals surface area contributed by atoms with Crippen molar-refractivity contribution in [3.8, 4) is 5.69 Å². The van der Waals surface area contributed by atoms with Crippen molar-refractivity contribution in [3.05, 3.63) is 48.3 Å². The van der Waals surface area contributed by atoms with Gasteiger partial charge >= 0.3 is 5.97 Å². The van der Waals surface area contributed by atoms with E-state index >= 15 is 0 Å². The standard InChI is InChI=1S/C16H19N3O2/c20-16(21)13-5-4-9-18(11-13)12-14-8-10-19(17-14)15-6-2-1-3-7-15/h1-3,6-8,10,13H,4-5,9,11-12H2,(H,20,21)/t13-/m0/s1. The van der Waals surface area contributed by atoms with Gasteiger partial charge < -0.3 is 5.11 Å². The monoisotopic (exact) mass is 285 g/mol. The van der Waals surface area contributed by atoms with E-state index in [9.17, 15) is 4.79 Å². The van der Waals surface area contributed by atoms with Gasteiger partial charge in [-0.15, -0.1) is 0 Å². The number of hydrogen-bond acceptors (Lipinski definition) is 3. The minimum absolute atomic E-state index is 0.241. The highest BCUT2D eigenvalue weighted by Gasteiger charge is 2.25. The van der Waals surface area contributed by atoms with Gasteiger partial charge in [0.1, 0.15) is 0 Å². The lowest BCUT2D eigenvalue weighted by molar-refractivity contribution is -0.143. The molecule has 5 heteroatoms. The van der Waals surface area contributed by atoms with Gasteiger partial charge in [0.2, 0.25) is 0 Å². The van der Waals surface area contributed by atoms with E-state index in [2.05, 4.69) is 10.00 Å². The maximum atomic E-state index is 11.1. The Balaban J connectivity index is 1.66. The first kappa shape index (κ1) is 13.8. The summed E-state index contributed by atoms with van der Waals surface area (Å²) < 4.78 is 1.86. The van der Waals surface area contributed by atoms with E-state index in [0.29, 0.717) is 13.1 Å². The maximum absolute atomic E-state index is 11.1. The third-order valence-corrected chi connectivity index (χ3v) is 3.91. The van der Waals surface area contributed by atoms with Gasteiger partial charge in [-0.2, -0.15) is 5.10 Å². The molecule has 0 aliphatic carbocycles. The van der Waals surface area contributed by atoms with Gasteiger partial charge in [0.25, 0.3) is 0 Å². The summed E-state index contributed by atoms with van der Waals surface area (Å²) in [6.07, 6.45) is 3.67. The summed E-state index contributed by atoms with van der Waals surface area (Å²) in [6, 6.07) is 12.0. The lowest BCUT2D eigenvalue weighted by Crippen LogP contribution is -2.38. The first-order chi connectivity index (χ1) is 10.2. The fraction of sp³-hybridized carbons (Fsp3) is 0.375. The van der Waals surface area contributed by atoms with Crippen LogP contribution in [0.5, 0.6) is 0 Å². The Labute approximate surface area is 123 Å². The fourth-order valence-corrected chi connectivity index (χ4v) is 2.80. The molecule has 1 aromatic heterocycles. The van der Waals surface area contributed by atoms with Crippen LogP contribution in [0.3, 0.4) is 0 Å². The molecule has 0 radical (unpaired) electrons. The molecular formula is C16H19N3O2. The van der Waals surface area contributed by atoms with Crippen LogP contribution in [0.4, 0.5) is 0 Å². The Bertz CT molecular complexity index is 609. The van der Waals surface area contributed by atoms with Crippen molar-refractivity contribution in [2.45, 2.75) is 19.4 Å². The second-order valence-electron chi connectivity index (χ2n) is 5.50. The zero-order valence-corrected chi connectivity index (χ0v) is 11.9. The topological polar surface area (TPSA) is 58.4 Å². The second kappa shape index (κ2) is 6.10. The van der Waals surface area contributed by atoms with Crippen LogP contribution < -0.4 is 0 Å². The van der Waals surface area contributed by atoms with Crippen molar-refractivity contribution in [2.75, 3.05) is 13.1 Å². The molecule has 0 unspecified atom stereocenters. The lowest BCUT2D eigenvalue weighted by Gasteiger charge is -2.29. The average molecular weight is 285 g/mol. The van der Waals surface area contributed by atoms with Crippen molar-refractivity contribution in [1.82, 2.24) is 14.7 Å². The van der Waals surface area contributed by atoms with E-state index in [1.54, 1.807) is 0 Å². The van der Waals surface area contributed by atoms with Crippen molar-refractivity contribution < 1.29 is 9.90 Å². The van der Waals surface area contributed by atoms with Gasteiger partial charge in [0, 0.05) is 19.3 Å². The molecule has 2 heterocycles. The van der Waals surface area contributed by atoms with E-state index in [1.165, 1.54) is 0 Å². The number of rotatable bonds is 4. The molecule has 1 aliphatic rings. The number of carboxylic acids is 1. The first-order valence-corrected chi connectivity index (χ1v) is 7.27. The molecule has 1 aromatic carbocycles. The number of nitrogens with zero attached hydrogens (tertiary/aromatic N) is 3. The highest BCUT2D eigenvalue weighted by molar-refractivity contribution is 5.70. The SMILES string of the molecule is O=C(O)[C@H]1CCCN(Cc2ccn(-c3ccccc3)n2)C1. The van der Waals surface area contributed by atoms with E-state index in [1.807, 2.05) is 47.3 Å². The number of carboxylic acid groups (broad SMARTS) is 1. The molecule has 0 amide bonds. The van der Waals surface area contributed by atoms with Crippen LogP contribution >= 0.6 is 0 Å². The summed E-state index contributed by atoms with van der Waals surface area (Å²) in [6.45, 7) is 2.28. The molecule has 21 heavy (non-hydrogen) atoms. The molecule has 0 bridgehead atoms. The van der Waals surface area contributed by atoms with E-state index in [4.69, 9.17) is 5.11 Å². The largest absolute Gasteiger partial charge is 0.481 e. The summed E-state index contributed by atoms with van der Waals surface area (Å²) in [7, 11) is 0. The predicted molar refractivity (Wildman–Crippen MR) is 79.2 cm³/mol. The maximum Gasteiger partial charge on any atom is 0.307 e. The summed E-state index contributed by atoms with van der Waals surface area (Å²) in [5.41, 5.74) is 2.01. The Morgan fingerprint density at radius 1 is 1.29 bits per heavy atom. The van der Waals surface area contributed by atoms with Crippen LogP contribution in [0.1, 0.15) is 18.5 Å². The normalized spacial score (nSPS) is 19.5. The molecule has 110 valence electrons. The van der Waals surface area contributed by atoms with Gasteiger partial charge in [-0.05, 0) is 37.6 Å². The van der Waals surface area contributed by atoms with Gasteiger partial charge in [-0.1, -0.05) is 18.2 Å². The van der Waals surface area contributed by atoms with Crippen LogP contribution in [-0.4, -0.2) is 38.8 Å². The third-order valence-electron chi connectivity index (χ3n) is 3.91. The number of para-hydroxylation sites is 1. The van der Waals surface area contributed by atoms with Crippen molar-refractivity contribution in [3.63, 3.8) is 0 Å². The predicted octanol–water partition coefficient (Wildman–Crippen LogP) is 2.17. The van der Waals surface area contributed by atoms with Crippen LogP contribution in [0.15, 0.2) is 42.6 Å². The zero-order chi connectivity index (χ0) is 14.7. The number of likely N-dealkylation sites (tertiary alicyclic amines) is 1. The molecule has 3 rings (SSSR count). The molecule has 1 atom stereocenters. The number of carbonyl (C=O) groups is 1. The number of benzene rings is 1. The van der Waals surface area contributed by atoms with Gasteiger partial charge in [-0.3, -0.25) is 9.69 Å². The van der Waals surface area contributed by atoms with Crippen molar-refractivity contribution in [1.29, 1.82) is 0 Å². The Morgan fingerprint density at radius 2 is 2.10 bits per heavy atom. The molecule has 1 N–H and O–H groups in total. The molecule has 5 nitrogen and oxygen atoms in total. The molecule has 0 saturated carbocycles. The molecule has 1 fully saturated rings. The van der Waals surface area contributed by atoms with Gasteiger partial charge in [0.05, 0.1) is 17.3 Å². The minimum Gasteiger partial charge on any atom is -0.481 e. The highest BCUT2D eigenvalue weighted by Crippen LogP contribution is 2.18. The zero-order valence-electron chi connectivity index (χ0n) is 11.9. The summed E-state index contributed by atoms with van der Waals surface area (Å²) >= 11 is 0. The fourth-order valence-electron chi connectivity index (χ4n) is 2.80. The van der Waals surface area contributed by atoms with E-state index < -0.39 is 5.97 Å². The van der Waals surface area contributed by atoms with Crippen LogP contribution in [-0.2, 0) is 11.3 Å². The number of aliphatic carboxylic acids is 1. The number of hydrogen-bond donors (Lipinski definition) is 1. The van der Waals surface area contributed by atoms with Crippen LogP contribution in [0, 0.1) is 5.92 Å². The Kier molecular flexibility index (Phi) is 4.01. The highest BCUT2D eigenvalue weighted by atomic mass is 16.4. The Hall–Kier alpha value is -2.14. The minimum atomic E-state index is -0.686. The molecule has 2 aromatic rings. The van der Waals surface area contributed by atoms with E-state index in [-0.39, 0.29) is 5.92 Å². The summed E-state index contributed by atoms with van der Waals surface area (Å²) in [5, 5.41) is 13.7. The summed E-state index contributed by atoms with van der Waals surface area (Å²) in [5.74, 6) is -0.926. The van der Waals surface area contributed by atoms with E-state index in [0.717, 1.165) is 30.8 Å². The molecule has 0 spiro atoms. The first-order valence-electron chi connectivity index (χ1n) is 7.27. The molecular weight excluding hydrogens is 266 g/mol. The van der Waals surface area contributed by atoms with Gasteiger partial charge in [-0.25, -0.2) is 4.68 Å². The quantitative estimate of drug-likeness (QED) is 0.935. The smallest absolute Gasteiger partial charge is 0.307 e. The summed E-state index contributed by atoms with van der Waals surface area (Å²) in [4.78, 5) is 13.3. The number of aromatic nitrogens is 2. The van der Waals surface area contributed by atoms with Crippen LogP contribution in [0.2, 0.25) is 0 Å². The molecule has 1 saturated heterocycles. The lowest BCUT2D eigenvalue weighted by atomic mass is 9.98. The van der Waals surface area contributed by atoms with Crippen LogP contribution in [0.25, 0.3) is 5.69 Å². The van der Waals surface area contributed by atoms with Crippen molar-refractivity contribution in [2.24, 2.45) is 5.92 Å².